The summed E-state index contributed by atoms with van der Waals surface area (Å²) >= 11 is 6.64. The van der Waals surface area contributed by atoms with Gasteiger partial charge in [0.1, 0.15) is 11.6 Å². The van der Waals surface area contributed by atoms with E-state index in [-0.39, 0.29) is 36.8 Å². The van der Waals surface area contributed by atoms with Crippen molar-refractivity contribution in [3.8, 4) is 0 Å². The molecule has 6 atom stereocenters. The number of rotatable bonds is 11. The molecule has 1 N–H and O–H groups in total. The fraction of sp³-hybridized carbons (Fsp3) is 0.581. The molecule has 3 saturated heterocycles. The Morgan fingerprint density at radius 3 is 2.48 bits per heavy atom. The third-order valence-electron chi connectivity index (χ3n) is 8.88. The number of hydrogen-bond acceptors (Lipinski definition) is 5. The topological polar surface area (TPSA) is 90.4 Å². The maximum absolute atomic E-state index is 14.8. The third kappa shape index (κ3) is 4.68. The molecular weight excluding hydrogens is 530 g/mol. The normalized spacial score (nSPS) is 29.4. The number of aliphatic hydroxyl groups is 1. The Morgan fingerprint density at radius 2 is 1.90 bits per heavy atom. The highest BCUT2D eigenvalue weighted by molar-refractivity contribution is 6.34. The van der Waals surface area contributed by atoms with Crippen LogP contribution < -0.4 is 4.90 Å². The average molecular weight is 572 g/mol. The number of likely N-dealkylation sites (tertiary alicyclic amines) is 1. The number of benzene rings is 1. The van der Waals surface area contributed by atoms with E-state index >= 15 is 0 Å². The Labute approximate surface area is 242 Å². The number of ether oxygens (including phenoxy) is 1. The lowest BCUT2D eigenvalue weighted by Gasteiger charge is -2.40. The lowest BCUT2D eigenvalue weighted by Crippen LogP contribution is -2.59. The van der Waals surface area contributed by atoms with E-state index in [9.17, 15) is 19.5 Å². The summed E-state index contributed by atoms with van der Waals surface area (Å²) in [6.45, 7) is 15.6. The number of para-hydroxylation sites is 1. The van der Waals surface area contributed by atoms with E-state index in [4.69, 9.17) is 16.3 Å². The summed E-state index contributed by atoms with van der Waals surface area (Å²) in [7, 11) is 1.69. The zero-order chi connectivity index (χ0) is 29.6. The third-order valence-corrected chi connectivity index (χ3v) is 9.18. The van der Waals surface area contributed by atoms with Gasteiger partial charge in [0.2, 0.25) is 11.8 Å². The van der Waals surface area contributed by atoms with Crippen molar-refractivity contribution in [1.82, 2.24) is 9.80 Å². The monoisotopic (exact) mass is 571 g/mol. The number of aliphatic hydroxyl groups excluding tert-OH is 1. The van der Waals surface area contributed by atoms with Gasteiger partial charge in [-0.25, -0.2) is 0 Å². The molecule has 1 spiro atoms. The van der Waals surface area contributed by atoms with Crippen LogP contribution in [0.25, 0.3) is 0 Å². The van der Waals surface area contributed by atoms with Crippen molar-refractivity contribution in [2.75, 3.05) is 31.6 Å². The molecule has 1 aromatic carbocycles. The highest BCUT2D eigenvalue weighted by atomic mass is 35.5. The Balaban J connectivity index is 1.89. The second-order valence-electron chi connectivity index (χ2n) is 12.1. The molecule has 218 valence electrons. The first-order valence-corrected chi connectivity index (χ1v) is 14.4. The molecule has 3 fully saturated rings. The summed E-state index contributed by atoms with van der Waals surface area (Å²) in [5.74, 6) is -2.33. The van der Waals surface area contributed by atoms with Crippen LogP contribution in [-0.2, 0) is 19.1 Å². The van der Waals surface area contributed by atoms with Gasteiger partial charge in [-0.15, -0.1) is 13.2 Å². The van der Waals surface area contributed by atoms with Crippen molar-refractivity contribution in [1.29, 1.82) is 0 Å². The van der Waals surface area contributed by atoms with Crippen molar-refractivity contribution in [2.45, 2.75) is 70.2 Å². The van der Waals surface area contributed by atoms with Crippen LogP contribution in [0.1, 0.15) is 45.6 Å². The van der Waals surface area contributed by atoms with Crippen LogP contribution >= 0.6 is 11.6 Å². The van der Waals surface area contributed by atoms with Gasteiger partial charge in [0.05, 0.1) is 40.8 Å². The van der Waals surface area contributed by atoms with Crippen molar-refractivity contribution in [3.05, 3.63) is 54.1 Å². The number of halogens is 1. The molecule has 0 aromatic heterocycles. The second-order valence-corrected chi connectivity index (χ2v) is 12.5. The Kier molecular flexibility index (Phi) is 8.56. The smallest absolute Gasteiger partial charge is 0.253 e. The molecule has 40 heavy (non-hydrogen) atoms. The van der Waals surface area contributed by atoms with Gasteiger partial charge in [0.15, 0.2) is 0 Å². The molecule has 4 rings (SSSR count). The van der Waals surface area contributed by atoms with Gasteiger partial charge in [-0.3, -0.25) is 14.4 Å². The number of anilines is 1. The van der Waals surface area contributed by atoms with E-state index in [2.05, 4.69) is 13.2 Å². The van der Waals surface area contributed by atoms with E-state index in [1.165, 1.54) is 4.90 Å². The van der Waals surface area contributed by atoms with Gasteiger partial charge >= 0.3 is 0 Å². The number of carbonyl (C=O) groups is 3. The van der Waals surface area contributed by atoms with Gasteiger partial charge in [0, 0.05) is 20.1 Å². The molecule has 1 aromatic rings. The van der Waals surface area contributed by atoms with Gasteiger partial charge in [0.25, 0.3) is 5.91 Å². The van der Waals surface area contributed by atoms with Gasteiger partial charge in [-0.1, -0.05) is 49.7 Å². The molecule has 0 radical (unpaired) electrons. The zero-order valence-corrected chi connectivity index (χ0v) is 25.0. The molecular formula is C31H42ClN3O5. The lowest BCUT2D eigenvalue weighted by atomic mass is 9.66. The van der Waals surface area contributed by atoms with Crippen LogP contribution in [0.3, 0.4) is 0 Å². The minimum Gasteiger partial charge on any atom is -0.394 e. The Morgan fingerprint density at radius 1 is 1.23 bits per heavy atom. The van der Waals surface area contributed by atoms with E-state index in [0.717, 1.165) is 5.56 Å². The molecule has 2 unspecified atom stereocenters. The SMILES string of the molecule is C=CCN(C)C(=O)[C@@H]1[C@H]2C(=O)N([C@@H](CO)CC(C)C)C(C(=O)N(CC=C)c3c(C)cccc3Cl)C23CC[C@@]1(C)O3. The second kappa shape index (κ2) is 11.3. The number of nitrogens with zero attached hydrogens (tertiary/aromatic N) is 3. The van der Waals surface area contributed by atoms with Crippen LogP contribution in [-0.4, -0.2) is 82.7 Å². The molecule has 0 saturated carbocycles. The number of hydrogen-bond donors (Lipinski definition) is 1. The first-order chi connectivity index (χ1) is 18.9. The summed E-state index contributed by atoms with van der Waals surface area (Å²) in [5, 5.41) is 10.9. The van der Waals surface area contributed by atoms with Gasteiger partial charge in [-0.2, -0.15) is 0 Å². The van der Waals surface area contributed by atoms with Gasteiger partial charge < -0.3 is 24.5 Å². The maximum Gasteiger partial charge on any atom is 0.253 e. The predicted octanol–water partition coefficient (Wildman–Crippen LogP) is 3.98. The van der Waals surface area contributed by atoms with E-state index < -0.39 is 35.1 Å². The summed E-state index contributed by atoms with van der Waals surface area (Å²) in [6.07, 6.45) is 4.74. The van der Waals surface area contributed by atoms with Crippen molar-refractivity contribution < 1.29 is 24.2 Å². The minimum atomic E-state index is -1.21. The fourth-order valence-electron chi connectivity index (χ4n) is 7.29. The van der Waals surface area contributed by atoms with Crippen molar-refractivity contribution >= 4 is 35.0 Å². The van der Waals surface area contributed by atoms with E-state index in [1.54, 1.807) is 35.1 Å². The summed E-state index contributed by atoms with van der Waals surface area (Å²) in [5.41, 5.74) is -0.760. The van der Waals surface area contributed by atoms with Gasteiger partial charge in [-0.05, 0) is 50.7 Å². The quantitative estimate of drug-likeness (QED) is 0.406. The first kappa shape index (κ1) is 30.3. The largest absolute Gasteiger partial charge is 0.394 e. The van der Waals surface area contributed by atoms with Crippen LogP contribution in [0.2, 0.25) is 5.02 Å². The van der Waals surface area contributed by atoms with Crippen LogP contribution in [0.4, 0.5) is 5.69 Å². The molecule has 3 aliphatic heterocycles. The maximum atomic E-state index is 14.8. The Bertz CT molecular complexity index is 1180. The predicted molar refractivity (Wildman–Crippen MR) is 156 cm³/mol. The first-order valence-electron chi connectivity index (χ1n) is 14.0. The highest BCUT2D eigenvalue weighted by Gasteiger charge is 2.78. The highest BCUT2D eigenvalue weighted by Crippen LogP contribution is 2.64. The molecule has 2 bridgehead atoms. The van der Waals surface area contributed by atoms with E-state index in [1.807, 2.05) is 39.8 Å². The standard InChI is InChI=1S/C31H42ClN3O5/c1-8-15-33(7)27(37)23-24-28(38)35(21(18-36)17-19(3)4)26(31(24)14-13-30(23,6)40-31)29(39)34(16-9-2)25-20(5)11-10-12-22(25)32/h8-12,19,21,23-24,26,36H,1-2,13-18H2,3-7H3/t21-,23+,24+,26?,30-,31?/m1/s1. The van der Waals surface area contributed by atoms with E-state index in [0.29, 0.717) is 36.5 Å². The van der Waals surface area contributed by atoms with Crippen molar-refractivity contribution in [2.24, 2.45) is 17.8 Å². The zero-order valence-electron chi connectivity index (χ0n) is 24.2. The number of likely N-dealkylation sites (N-methyl/N-ethyl adjacent to an activating group) is 1. The fourth-order valence-corrected chi connectivity index (χ4v) is 7.61. The van der Waals surface area contributed by atoms with Crippen LogP contribution in [0.15, 0.2) is 43.5 Å². The van der Waals surface area contributed by atoms with Crippen molar-refractivity contribution in [3.63, 3.8) is 0 Å². The average Bonchev–Trinajstić information content (AvgIpc) is 3.46. The number of aryl methyl sites for hydroxylation is 1. The summed E-state index contributed by atoms with van der Waals surface area (Å²) in [6, 6.07) is 3.77. The molecule has 3 aliphatic rings. The Hall–Kier alpha value is -2.68. The molecule has 8 nitrogen and oxygen atoms in total. The number of fused-ring (bicyclic) bond motifs is 1. The molecule has 9 heteroatoms. The summed E-state index contributed by atoms with van der Waals surface area (Å²) in [4.78, 5) is 47.8. The summed E-state index contributed by atoms with van der Waals surface area (Å²) < 4.78 is 6.77. The van der Waals surface area contributed by atoms with Crippen LogP contribution in [0, 0.1) is 24.7 Å². The molecule has 0 aliphatic carbocycles. The number of carbonyl (C=O) groups excluding carboxylic acids is 3. The molecule has 3 amide bonds. The minimum absolute atomic E-state index is 0.152. The number of amides is 3. The van der Waals surface area contributed by atoms with Crippen LogP contribution in [0.5, 0.6) is 0 Å². The molecule has 3 heterocycles. The lowest BCUT2D eigenvalue weighted by molar-refractivity contribution is -0.151.